The van der Waals surface area contributed by atoms with Crippen molar-refractivity contribution >= 4 is 33.6 Å². The van der Waals surface area contributed by atoms with Gasteiger partial charge in [-0.2, -0.15) is 0 Å². The number of carbonyl (C=O) groups is 1. The molecule has 1 heterocycles. The number of hydrogen-bond acceptors (Lipinski definition) is 4. The molecule has 0 saturated heterocycles. The Bertz CT molecular complexity index is 711. The number of halogens is 1. The predicted molar refractivity (Wildman–Crippen MR) is 107 cm³/mol. The van der Waals surface area contributed by atoms with E-state index >= 15 is 0 Å². The number of aromatic nitrogens is 2. The summed E-state index contributed by atoms with van der Waals surface area (Å²) in [5.74, 6) is 0.0579. The van der Waals surface area contributed by atoms with Crippen LogP contribution in [0.5, 0.6) is 0 Å². The largest absolute Gasteiger partial charge is 0.349 e. The molecular weight excluding hydrogens is 398 g/mol. The van der Waals surface area contributed by atoms with Gasteiger partial charge in [0.2, 0.25) is 5.91 Å². The lowest BCUT2D eigenvalue weighted by Crippen LogP contribution is -2.28. The van der Waals surface area contributed by atoms with Crippen LogP contribution in [0.1, 0.15) is 48.3 Å². The van der Waals surface area contributed by atoms with Gasteiger partial charge in [0.1, 0.15) is 0 Å². The Labute approximate surface area is 162 Å². The Morgan fingerprint density at radius 2 is 1.80 bits per heavy atom. The van der Waals surface area contributed by atoms with E-state index in [-0.39, 0.29) is 11.9 Å². The number of amides is 1. The molecule has 0 aliphatic heterocycles. The van der Waals surface area contributed by atoms with Crippen molar-refractivity contribution in [2.45, 2.75) is 51.2 Å². The predicted octanol–water partition coefficient (Wildman–Crippen LogP) is 4.78. The Morgan fingerprint density at radius 1 is 1.20 bits per heavy atom. The first-order valence-corrected chi connectivity index (χ1v) is 10.4. The SMILES string of the molecule is CCC(NC(=O)CCc1c(C)nc(SC)nc1C)c1ccc(Br)cc1. The summed E-state index contributed by atoms with van der Waals surface area (Å²) in [5, 5.41) is 3.92. The van der Waals surface area contributed by atoms with Crippen molar-refractivity contribution in [2.75, 3.05) is 6.26 Å². The minimum atomic E-state index is 0.0397. The van der Waals surface area contributed by atoms with E-state index in [1.165, 1.54) is 11.8 Å². The van der Waals surface area contributed by atoms with Gasteiger partial charge < -0.3 is 5.32 Å². The Morgan fingerprint density at radius 3 is 2.32 bits per heavy atom. The molecule has 1 N–H and O–H groups in total. The van der Waals surface area contributed by atoms with Crippen molar-refractivity contribution < 1.29 is 4.79 Å². The lowest BCUT2D eigenvalue weighted by molar-refractivity contribution is -0.121. The van der Waals surface area contributed by atoms with E-state index in [0.717, 1.165) is 38.6 Å². The minimum absolute atomic E-state index is 0.0397. The van der Waals surface area contributed by atoms with Crippen LogP contribution in [-0.2, 0) is 11.2 Å². The summed E-state index contributed by atoms with van der Waals surface area (Å²) in [7, 11) is 0. The number of carbonyl (C=O) groups excluding carboxylic acids is 1. The maximum atomic E-state index is 12.4. The quantitative estimate of drug-likeness (QED) is 0.516. The van der Waals surface area contributed by atoms with Crippen LogP contribution in [0.2, 0.25) is 0 Å². The van der Waals surface area contributed by atoms with Crippen LogP contribution in [0, 0.1) is 13.8 Å². The number of benzene rings is 1. The average molecular weight is 422 g/mol. The number of nitrogens with zero attached hydrogens (tertiary/aromatic N) is 2. The Hall–Kier alpha value is -1.40. The number of rotatable bonds is 7. The normalized spacial score (nSPS) is 12.0. The van der Waals surface area contributed by atoms with Crippen LogP contribution in [0.15, 0.2) is 33.9 Å². The Kier molecular flexibility index (Phi) is 7.44. The van der Waals surface area contributed by atoms with Gasteiger partial charge in [-0.3, -0.25) is 4.79 Å². The molecule has 0 radical (unpaired) electrons. The average Bonchev–Trinajstić information content (AvgIpc) is 2.59. The van der Waals surface area contributed by atoms with Crippen LogP contribution in [-0.4, -0.2) is 22.1 Å². The fourth-order valence-electron chi connectivity index (χ4n) is 2.78. The molecule has 0 bridgehead atoms. The lowest BCUT2D eigenvalue weighted by Gasteiger charge is -2.18. The van der Waals surface area contributed by atoms with Gasteiger partial charge in [0, 0.05) is 22.3 Å². The number of nitrogens with one attached hydrogen (secondary N) is 1. The van der Waals surface area contributed by atoms with Crippen molar-refractivity contribution in [2.24, 2.45) is 0 Å². The molecule has 0 saturated carbocycles. The van der Waals surface area contributed by atoms with Crippen LogP contribution in [0.4, 0.5) is 0 Å². The van der Waals surface area contributed by atoms with Gasteiger partial charge in [-0.05, 0) is 56.2 Å². The summed E-state index contributed by atoms with van der Waals surface area (Å²) >= 11 is 4.98. The molecule has 0 aliphatic rings. The smallest absolute Gasteiger partial charge is 0.220 e. The zero-order valence-electron chi connectivity index (χ0n) is 15.1. The minimum Gasteiger partial charge on any atom is -0.349 e. The van der Waals surface area contributed by atoms with Crippen molar-refractivity contribution in [3.63, 3.8) is 0 Å². The third kappa shape index (κ3) is 5.54. The van der Waals surface area contributed by atoms with E-state index in [1.807, 2.05) is 44.4 Å². The second-order valence-electron chi connectivity index (χ2n) is 5.94. The summed E-state index contributed by atoms with van der Waals surface area (Å²) in [5.41, 5.74) is 4.12. The fraction of sp³-hybridized carbons (Fsp3) is 0.421. The van der Waals surface area contributed by atoms with Crippen LogP contribution < -0.4 is 5.32 Å². The second kappa shape index (κ2) is 9.34. The number of thioether (sulfide) groups is 1. The van der Waals surface area contributed by atoms with Gasteiger partial charge in [-0.15, -0.1) is 0 Å². The molecule has 2 rings (SSSR count). The summed E-state index contributed by atoms with van der Waals surface area (Å²) in [6, 6.07) is 8.13. The van der Waals surface area contributed by atoms with E-state index < -0.39 is 0 Å². The molecule has 0 aliphatic carbocycles. The molecular formula is C19H24BrN3OS. The molecule has 134 valence electrons. The Balaban J connectivity index is 1.99. The molecule has 0 fully saturated rings. The molecule has 6 heteroatoms. The highest BCUT2D eigenvalue weighted by molar-refractivity contribution is 9.10. The van der Waals surface area contributed by atoms with Crippen LogP contribution >= 0.6 is 27.7 Å². The van der Waals surface area contributed by atoms with E-state index in [2.05, 4.69) is 38.1 Å². The summed E-state index contributed by atoms with van der Waals surface area (Å²) < 4.78 is 1.04. The maximum Gasteiger partial charge on any atom is 0.220 e. The topological polar surface area (TPSA) is 54.9 Å². The van der Waals surface area contributed by atoms with E-state index in [9.17, 15) is 4.79 Å². The highest BCUT2D eigenvalue weighted by Gasteiger charge is 2.14. The molecule has 1 aromatic heterocycles. The summed E-state index contributed by atoms with van der Waals surface area (Å²) in [4.78, 5) is 21.4. The van der Waals surface area contributed by atoms with Gasteiger partial charge in [0.15, 0.2) is 5.16 Å². The van der Waals surface area contributed by atoms with Gasteiger partial charge in [-0.25, -0.2) is 9.97 Å². The highest BCUT2D eigenvalue weighted by Crippen LogP contribution is 2.20. The van der Waals surface area contributed by atoms with Crippen molar-refractivity contribution in [1.29, 1.82) is 0 Å². The third-order valence-corrected chi connectivity index (χ3v) is 5.28. The number of hydrogen-bond donors (Lipinski definition) is 1. The summed E-state index contributed by atoms with van der Waals surface area (Å²) in [6.45, 7) is 6.05. The van der Waals surface area contributed by atoms with Crippen molar-refractivity contribution in [1.82, 2.24) is 15.3 Å². The monoisotopic (exact) mass is 421 g/mol. The van der Waals surface area contributed by atoms with E-state index in [1.54, 1.807) is 0 Å². The maximum absolute atomic E-state index is 12.4. The first-order chi connectivity index (χ1) is 11.9. The van der Waals surface area contributed by atoms with Crippen LogP contribution in [0.25, 0.3) is 0 Å². The first kappa shape index (κ1) is 19.9. The van der Waals surface area contributed by atoms with Crippen molar-refractivity contribution in [3.8, 4) is 0 Å². The standard InChI is InChI=1S/C19H24BrN3OS/c1-5-17(14-6-8-15(20)9-7-14)23-18(24)11-10-16-12(2)21-19(25-4)22-13(16)3/h6-9,17H,5,10-11H2,1-4H3,(H,23,24). The van der Waals surface area contributed by atoms with Gasteiger partial charge in [0.05, 0.1) is 6.04 Å². The van der Waals surface area contributed by atoms with E-state index in [4.69, 9.17) is 0 Å². The first-order valence-electron chi connectivity index (χ1n) is 8.37. The lowest BCUT2D eigenvalue weighted by atomic mass is 10.0. The second-order valence-corrected chi connectivity index (χ2v) is 7.63. The zero-order chi connectivity index (χ0) is 18.4. The van der Waals surface area contributed by atoms with Crippen molar-refractivity contribution in [3.05, 3.63) is 51.3 Å². The molecule has 1 atom stereocenters. The molecule has 1 amide bonds. The fourth-order valence-corrected chi connectivity index (χ4v) is 3.50. The molecule has 1 aromatic carbocycles. The van der Waals surface area contributed by atoms with Gasteiger partial charge in [0.25, 0.3) is 0 Å². The molecule has 0 spiro atoms. The molecule has 25 heavy (non-hydrogen) atoms. The number of aryl methyl sites for hydroxylation is 2. The van der Waals surface area contributed by atoms with Gasteiger partial charge >= 0.3 is 0 Å². The summed E-state index contributed by atoms with van der Waals surface area (Å²) in [6.07, 6.45) is 3.93. The van der Waals surface area contributed by atoms with E-state index in [0.29, 0.717) is 12.8 Å². The van der Waals surface area contributed by atoms with Gasteiger partial charge in [-0.1, -0.05) is 46.7 Å². The highest BCUT2D eigenvalue weighted by atomic mass is 79.9. The molecule has 2 aromatic rings. The third-order valence-electron chi connectivity index (χ3n) is 4.20. The molecule has 4 nitrogen and oxygen atoms in total. The zero-order valence-corrected chi connectivity index (χ0v) is 17.5. The van der Waals surface area contributed by atoms with Crippen LogP contribution in [0.3, 0.4) is 0 Å². The molecule has 1 unspecified atom stereocenters.